The van der Waals surface area contributed by atoms with Crippen molar-refractivity contribution in [2.45, 2.75) is 32.1 Å². The zero-order chi connectivity index (χ0) is 23.2. The van der Waals surface area contributed by atoms with Crippen LogP contribution in [0, 0.1) is 5.92 Å². The number of hydrogen-bond acceptors (Lipinski definition) is 5. The Morgan fingerprint density at radius 1 is 1.21 bits per heavy atom. The average Bonchev–Trinajstić information content (AvgIpc) is 3.31. The second-order valence-electron chi connectivity index (χ2n) is 8.31. The summed E-state index contributed by atoms with van der Waals surface area (Å²) in [7, 11) is 1.50. The fraction of sp³-hybridized carbons (Fsp3) is 0.417. The lowest BCUT2D eigenvalue weighted by Crippen LogP contribution is -2.38. The van der Waals surface area contributed by atoms with Gasteiger partial charge in [0.05, 0.1) is 17.7 Å². The first-order chi connectivity index (χ1) is 16.0. The molecule has 3 aromatic heterocycles. The molecule has 1 aliphatic rings. The first-order valence-corrected chi connectivity index (χ1v) is 11.6. The molecule has 33 heavy (non-hydrogen) atoms. The van der Waals surface area contributed by atoms with Crippen molar-refractivity contribution in [1.29, 1.82) is 0 Å². The Labute approximate surface area is 197 Å². The Balaban J connectivity index is 1.16. The van der Waals surface area contributed by atoms with Gasteiger partial charge in [0, 0.05) is 44.4 Å². The molecule has 0 aromatic carbocycles. The van der Waals surface area contributed by atoms with Crippen molar-refractivity contribution in [1.82, 2.24) is 24.6 Å². The number of imidazole rings is 1. The molecule has 1 fully saturated rings. The predicted octanol–water partition coefficient (Wildman–Crippen LogP) is 3.84. The zero-order valence-electron chi connectivity index (χ0n) is 18.7. The second kappa shape index (κ2) is 10.7. The number of likely N-dealkylation sites (tertiary alicyclic amines) is 1. The Morgan fingerprint density at radius 3 is 2.82 bits per heavy atom. The molecule has 0 spiro atoms. The van der Waals surface area contributed by atoms with Crippen molar-refractivity contribution >= 4 is 29.1 Å². The molecule has 9 heteroatoms. The van der Waals surface area contributed by atoms with E-state index in [0.29, 0.717) is 47.6 Å². The van der Waals surface area contributed by atoms with Crippen LogP contribution in [-0.4, -0.2) is 57.8 Å². The van der Waals surface area contributed by atoms with E-state index in [1.807, 2.05) is 21.6 Å². The number of amides is 2. The molecule has 3 aromatic rings. The normalized spacial score (nSPS) is 14.4. The van der Waals surface area contributed by atoms with Gasteiger partial charge in [0.25, 0.3) is 11.8 Å². The molecule has 0 aliphatic carbocycles. The number of piperidine rings is 1. The average molecular weight is 470 g/mol. The van der Waals surface area contributed by atoms with Crippen molar-refractivity contribution in [2.75, 3.05) is 26.7 Å². The molecular weight excluding hydrogens is 442 g/mol. The summed E-state index contributed by atoms with van der Waals surface area (Å²) >= 11 is 6.02. The summed E-state index contributed by atoms with van der Waals surface area (Å²) < 4.78 is 7.06. The summed E-state index contributed by atoms with van der Waals surface area (Å²) in [6, 6.07) is 5.25. The standard InChI is InChI=1S/C24H28ClN5O3/c1-33-23-20(14-19(25)15-28-23)24(32)29-11-7-17(8-12-29)4-2-3-9-27-22(31)18-5-6-21-26-10-13-30(21)16-18/h5-6,10,13-17H,2-4,7-9,11-12H2,1H3,(H,27,31). The van der Waals surface area contributed by atoms with Crippen LogP contribution in [0.5, 0.6) is 5.88 Å². The fourth-order valence-corrected chi connectivity index (χ4v) is 4.41. The lowest BCUT2D eigenvalue weighted by Gasteiger charge is -2.32. The fourth-order valence-electron chi connectivity index (χ4n) is 4.25. The van der Waals surface area contributed by atoms with Crippen LogP contribution < -0.4 is 10.1 Å². The Kier molecular flexibility index (Phi) is 7.44. The molecule has 4 rings (SSSR count). The van der Waals surface area contributed by atoms with Gasteiger partial charge in [-0.15, -0.1) is 0 Å². The summed E-state index contributed by atoms with van der Waals surface area (Å²) in [5, 5.41) is 3.41. The number of rotatable bonds is 8. The monoisotopic (exact) mass is 469 g/mol. The number of unbranched alkanes of at least 4 members (excludes halogenated alkanes) is 1. The number of hydrogen-bond donors (Lipinski definition) is 1. The van der Waals surface area contributed by atoms with Gasteiger partial charge in [0.2, 0.25) is 5.88 Å². The second-order valence-corrected chi connectivity index (χ2v) is 8.74. The topological polar surface area (TPSA) is 88.8 Å². The number of ether oxygens (including phenoxy) is 1. The molecule has 1 saturated heterocycles. The third-order valence-electron chi connectivity index (χ3n) is 6.12. The highest BCUT2D eigenvalue weighted by Gasteiger charge is 2.26. The molecular formula is C24H28ClN5O3. The van der Waals surface area contributed by atoms with E-state index in [2.05, 4.69) is 15.3 Å². The van der Waals surface area contributed by atoms with E-state index in [0.717, 1.165) is 37.8 Å². The molecule has 1 N–H and O–H groups in total. The highest BCUT2D eigenvalue weighted by atomic mass is 35.5. The number of methoxy groups -OCH3 is 1. The highest BCUT2D eigenvalue weighted by Crippen LogP contribution is 2.26. The third-order valence-corrected chi connectivity index (χ3v) is 6.33. The molecule has 0 radical (unpaired) electrons. The molecule has 8 nitrogen and oxygen atoms in total. The lowest BCUT2D eigenvalue weighted by molar-refractivity contribution is 0.0681. The van der Waals surface area contributed by atoms with Crippen molar-refractivity contribution in [3.05, 3.63) is 59.1 Å². The molecule has 1 aliphatic heterocycles. The van der Waals surface area contributed by atoms with Gasteiger partial charge in [-0.25, -0.2) is 9.97 Å². The van der Waals surface area contributed by atoms with E-state index in [-0.39, 0.29) is 11.8 Å². The number of fused-ring (bicyclic) bond motifs is 1. The van der Waals surface area contributed by atoms with E-state index in [1.165, 1.54) is 13.3 Å². The van der Waals surface area contributed by atoms with Gasteiger partial charge in [-0.2, -0.15) is 0 Å². The maximum absolute atomic E-state index is 12.9. The van der Waals surface area contributed by atoms with Gasteiger partial charge in [-0.3, -0.25) is 9.59 Å². The third kappa shape index (κ3) is 5.63. The summed E-state index contributed by atoms with van der Waals surface area (Å²) in [4.78, 5) is 35.4. The Hall–Kier alpha value is -3.13. The van der Waals surface area contributed by atoms with Crippen LogP contribution >= 0.6 is 11.6 Å². The van der Waals surface area contributed by atoms with Crippen molar-refractivity contribution in [3.63, 3.8) is 0 Å². The first-order valence-electron chi connectivity index (χ1n) is 11.2. The number of pyridine rings is 2. The molecule has 0 saturated carbocycles. The van der Waals surface area contributed by atoms with Crippen LogP contribution in [-0.2, 0) is 0 Å². The number of carbonyl (C=O) groups is 2. The smallest absolute Gasteiger partial charge is 0.259 e. The Bertz CT molecular complexity index is 1120. The zero-order valence-corrected chi connectivity index (χ0v) is 19.4. The van der Waals surface area contributed by atoms with Crippen LogP contribution in [0.15, 0.2) is 43.0 Å². The summed E-state index contributed by atoms with van der Waals surface area (Å²) in [6.07, 6.45) is 11.8. The van der Waals surface area contributed by atoms with Crippen molar-refractivity contribution in [3.8, 4) is 5.88 Å². The Morgan fingerprint density at radius 2 is 2.03 bits per heavy atom. The van der Waals surface area contributed by atoms with Crippen LogP contribution in [0.1, 0.15) is 52.8 Å². The van der Waals surface area contributed by atoms with E-state index in [4.69, 9.17) is 16.3 Å². The summed E-state index contributed by atoms with van der Waals surface area (Å²) in [5.41, 5.74) is 1.86. The van der Waals surface area contributed by atoms with E-state index >= 15 is 0 Å². The van der Waals surface area contributed by atoms with Gasteiger partial charge < -0.3 is 19.4 Å². The molecule has 0 bridgehead atoms. The van der Waals surface area contributed by atoms with Crippen LogP contribution in [0.3, 0.4) is 0 Å². The molecule has 4 heterocycles. The van der Waals surface area contributed by atoms with E-state index < -0.39 is 0 Å². The van der Waals surface area contributed by atoms with E-state index in [9.17, 15) is 9.59 Å². The quantitative estimate of drug-likeness (QED) is 0.506. The van der Waals surface area contributed by atoms with Crippen LogP contribution in [0.4, 0.5) is 0 Å². The SMILES string of the molecule is COc1ncc(Cl)cc1C(=O)N1CCC(CCCCNC(=O)c2ccc3nccn3c2)CC1. The molecule has 174 valence electrons. The van der Waals surface area contributed by atoms with Crippen molar-refractivity contribution < 1.29 is 14.3 Å². The first kappa shape index (κ1) is 23.0. The number of nitrogens with zero attached hydrogens (tertiary/aromatic N) is 4. The number of halogens is 1. The largest absolute Gasteiger partial charge is 0.480 e. The predicted molar refractivity (Wildman–Crippen MR) is 126 cm³/mol. The van der Waals surface area contributed by atoms with Crippen LogP contribution in [0.25, 0.3) is 5.65 Å². The highest BCUT2D eigenvalue weighted by molar-refractivity contribution is 6.30. The van der Waals surface area contributed by atoms with Crippen LogP contribution in [0.2, 0.25) is 5.02 Å². The maximum atomic E-state index is 12.9. The number of carbonyl (C=O) groups excluding carboxylic acids is 2. The van der Waals surface area contributed by atoms with E-state index in [1.54, 1.807) is 24.5 Å². The van der Waals surface area contributed by atoms with Gasteiger partial charge in [0.15, 0.2) is 0 Å². The minimum Gasteiger partial charge on any atom is -0.480 e. The molecule has 0 atom stereocenters. The number of nitrogens with one attached hydrogen (secondary N) is 1. The minimum atomic E-state index is -0.0862. The molecule has 0 unspecified atom stereocenters. The summed E-state index contributed by atoms with van der Waals surface area (Å²) in [6.45, 7) is 2.08. The minimum absolute atomic E-state index is 0.0663. The maximum Gasteiger partial charge on any atom is 0.259 e. The van der Waals surface area contributed by atoms with Gasteiger partial charge >= 0.3 is 0 Å². The molecule has 2 amide bonds. The van der Waals surface area contributed by atoms with Gasteiger partial charge in [0.1, 0.15) is 11.2 Å². The van der Waals surface area contributed by atoms with Gasteiger partial charge in [-0.05, 0) is 43.4 Å². The summed E-state index contributed by atoms with van der Waals surface area (Å²) in [5.74, 6) is 0.742. The number of aromatic nitrogens is 3. The lowest BCUT2D eigenvalue weighted by atomic mass is 9.91. The van der Waals surface area contributed by atoms with Crippen molar-refractivity contribution in [2.24, 2.45) is 5.92 Å². The van der Waals surface area contributed by atoms with Gasteiger partial charge in [-0.1, -0.05) is 24.4 Å².